The molecule has 2 atom stereocenters. The lowest BCUT2D eigenvalue weighted by atomic mass is 9.70. The Morgan fingerprint density at radius 1 is 1.32 bits per heavy atom. The van der Waals surface area contributed by atoms with Gasteiger partial charge in [-0.3, -0.25) is 0 Å². The van der Waals surface area contributed by atoms with Gasteiger partial charge in [0, 0.05) is 12.6 Å². The highest BCUT2D eigenvalue weighted by atomic mass is 16.5. The average molecular weight is 261 g/mol. The van der Waals surface area contributed by atoms with Gasteiger partial charge in [-0.25, -0.2) is 0 Å². The minimum absolute atomic E-state index is 0.476. The Balaban J connectivity index is 1.91. The van der Waals surface area contributed by atoms with E-state index in [0.717, 1.165) is 18.2 Å². The topological polar surface area (TPSA) is 21.3 Å². The van der Waals surface area contributed by atoms with E-state index in [1.165, 1.54) is 24.8 Å². The Morgan fingerprint density at radius 3 is 2.79 bits per heavy atom. The maximum absolute atomic E-state index is 5.27. The molecule has 0 saturated heterocycles. The zero-order valence-corrected chi connectivity index (χ0v) is 12.7. The van der Waals surface area contributed by atoms with Crippen molar-refractivity contribution in [1.82, 2.24) is 5.32 Å². The fraction of sp³-hybridized carbons (Fsp3) is 0.647. The largest absolute Gasteiger partial charge is 0.497 e. The van der Waals surface area contributed by atoms with Gasteiger partial charge in [-0.2, -0.15) is 0 Å². The molecule has 106 valence electrons. The third kappa shape index (κ3) is 4.24. The van der Waals surface area contributed by atoms with Crippen molar-refractivity contribution in [1.29, 1.82) is 0 Å². The fourth-order valence-electron chi connectivity index (χ4n) is 3.55. The van der Waals surface area contributed by atoms with E-state index in [9.17, 15) is 0 Å². The number of hydrogen-bond acceptors (Lipinski definition) is 2. The zero-order valence-electron chi connectivity index (χ0n) is 12.7. The van der Waals surface area contributed by atoms with Crippen molar-refractivity contribution in [3.8, 4) is 5.75 Å². The minimum Gasteiger partial charge on any atom is -0.497 e. The molecule has 2 heteroatoms. The molecule has 0 heterocycles. The van der Waals surface area contributed by atoms with Gasteiger partial charge in [-0.15, -0.1) is 0 Å². The van der Waals surface area contributed by atoms with Crippen LogP contribution in [-0.2, 0) is 6.54 Å². The lowest BCUT2D eigenvalue weighted by molar-refractivity contribution is 0.151. The van der Waals surface area contributed by atoms with E-state index in [2.05, 4.69) is 44.3 Å². The molecule has 0 amide bonds. The summed E-state index contributed by atoms with van der Waals surface area (Å²) in [6.07, 6.45) is 3.93. The highest BCUT2D eigenvalue weighted by Crippen LogP contribution is 2.38. The number of rotatable bonds is 4. The van der Waals surface area contributed by atoms with Gasteiger partial charge in [0.2, 0.25) is 0 Å². The van der Waals surface area contributed by atoms with Gasteiger partial charge in [0.1, 0.15) is 5.75 Å². The van der Waals surface area contributed by atoms with E-state index in [1.807, 2.05) is 6.07 Å². The van der Waals surface area contributed by atoms with Crippen molar-refractivity contribution < 1.29 is 4.74 Å². The Kier molecular flexibility index (Phi) is 4.51. The van der Waals surface area contributed by atoms with E-state index < -0.39 is 0 Å². The predicted octanol–water partition coefficient (Wildman–Crippen LogP) is 4.00. The SMILES string of the molecule is COc1cccc(CNC2CC(C)CC(C)(C)C2)c1. The highest BCUT2D eigenvalue weighted by molar-refractivity contribution is 5.28. The number of nitrogens with one attached hydrogen (secondary N) is 1. The van der Waals surface area contributed by atoms with E-state index in [4.69, 9.17) is 4.74 Å². The van der Waals surface area contributed by atoms with Crippen LogP contribution in [0.25, 0.3) is 0 Å². The molecule has 1 aromatic carbocycles. The van der Waals surface area contributed by atoms with Crippen LogP contribution >= 0.6 is 0 Å². The Morgan fingerprint density at radius 2 is 2.11 bits per heavy atom. The van der Waals surface area contributed by atoms with Gasteiger partial charge in [-0.05, 0) is 48.3 Å². The summed E-state index contributed by atoms with van der Waals surface area (Å²) in [6, 6.07) is 8.97. The van der Waals surface area contributed by atoms with Crippen LogP contribution in [0.2, 0.25) is 0 Å². The van der Waals surface area contributed by atoms with Crippen molar-refractivity contribution >= 4 is 0 Å². The number of hydrogen-bond donors (Lipinski definition) is 1. The lowest BCUT2D eigenvalue weighted by Gasteiger charge is -2.39. The molecule has 1 saturated carbocycles. The van der Waals surface area contributed by atoms with Gasteiger partial charge in [-0.1, -0.05) is 32.9 Å². The fourth-order valence-corrected chi connectivity index (χ4v) is 3.55. The summed E-state index contributed by atoms with van der Waals surface area (Å²) in [4.78, 5) is 0. The quantitative estimate of drug-likeness (QED) is 0.884. The first kappa shape index (κ1) is 14.4. The second-order valence-corrected chi connectivity index (χ2v) is 6.84. The van der Waals surface area contributed by atoms with E-state index in [-0.39, 0.29) is 0 Å². The first-order valence-corrected chi connectivity index (χ1v) is 7.35. The second kappa shape index (κ2) is 5.96. The molecule has 19 heavy (non-hydrogen) atoms. The van der Waals surface area contributed by atoms with Crippen LogP contribution in [0, 0.1) is 11.3 Å². The lowest BCUT2D eigenvalue weighted by Crippen LogP contribution is -2.39. The van der Waals surface area contributed by atoms with Crippen molar-refractivity contribution in [3.63, 3.8) is 0 Å². The van der Waals surface area contributed by atoms with Crippen molar-refractivity contribution in [3.05, 3.63) is 29.8 Å². The van der Waals surface area contributed by atoms with Crippen LogP contribution in [0.1, 0.15) is 45.6 Å². The van der Waals surface area contributed by atoms with Crippen LogP contribution in [0.4, 0.5) is 0 Å². The molecular formula is C17H27NO. The maximum Gasteiger partial charge on any atom is 0.119 e. The third-order valence-electron chi connectivity index (χ3n) is 4.12. The second-order valence-electron chi connectivity index (χ2n) is 6.84. The molecule has 1 aromatic rings. The van der Waals surface area contributed by atoms with Gasteiger partial charge in [0.05, 0.1) is 7.11 Å². The Bertz CT molecular complexity index is 413. The van der Waals surface area contributed by atoms with Gasteiger partial charge >= 0.3 is 0 Å². The summed E-state index contributed by atoms with van der Waals surface area (Å²) in [5, 5.41) is 3.72. The van der Waals surface area contributed by atoms with E-state index in [1.54, 1.807) is 7.11 Å². The molecule has 2 nitrogen and oxygen atoms in total. The van der Waals surface area contributed by atoms with Crippen LogP contribution in [0.3, 0.4) is 0 Å². The van der Waals surface area contributed by atoms with Crippen LogP contribution in [0.15, 0.2) is 24.3 Å². The molecule has 0 aliphatic heterocycles. The highest BCUT2D eigenvalue weighted by Gasteiger charge is 2.31. The molecule has 1 aliphatic rings. The van der Waals surface area contributed by atoms with Crippen molar-refractivity contribution in [2.45, 2.75) is 52.6 Å². The Hall–Kier alpha value is -1.02. The molecule has 1 fully saturated rings. The predicted molar refractivity (Wildman–Crippen MR) is 80.4 cm³/mol. The van der Waals surface area contributed by atoms with Gasteiger partial charge in [0.15, 0.2) is 0 Å². The minimum atomic E-state index is 0.476. The third-order valence-corrected chi connectivity index (χ3v) is 4.12. The number of ether oxygens (including phenoxy) is 1. The van der Waals surface area contributed by atoms with Gasteiger partial charge < -0.3 is 10.1 Å². The molecule has 0 radical (unpaired) electrons. The molecule has 0 bridgehead atoms. The maximum atomic E-state index is 5.27. The van der Waals surface area contributed by atoms with Gasteiger partial charge in [0.25, 0.3) is 0 Å². The van der Waals surface area contributed by atoms with E-state index in [0.29, 0.717) is 11.5 Å². The standard InChI is InChI=1S/C17H27NO/c1-13-8-15(11-17(2,3)10-13)18-12-14-6-5-7-16(9-14)19-4/h5-7,9,13,15,18H,8,10-12H2,1-4H3. The summed E-state index contributed by atoms with van der Waals surface area (Å²) in [5.41, 5.74) is 1.78. The molecule has 0 spiro atoms. The monoisotopic (exact) mass is 261 g/mol. The molecular weight excluding hydrogens is 234 g/mol. The molecule has 1 aliphatic carbocycles. The van der Waals surface area contributed by atoms with Crippen LogP contribution in [0.5, 0.6) is 5.75 Å². The molecule has 2 rings (SSSR count). The summed E-state index contributed by atoms with van der Waals surface area (Å²) in [6.45, 7) is 8.09. The molecule has 0 aromatic heterocycles. The summed E-state index contributed by atoms with van der Waals surface area (Å²) < 4.78 is 5.27. The van der Waals surface area contributed by atoms with Crippen molar-refractivity contribution in [2.24, 2.45) is 11.3 Å². The van der Waals surface area contributed by atoms with Crippen LogP contribution in [-0.4, -0.2) is 13.2 Å². The molecule has 2 unspecified atom stereocenters. The molecule has 1 N–H and O–H groups in total. The number of methoxy groups -OCH3 is 1. The van der Waals surface area contributed by atoms with Crippen molar-refractivity contribution in [2.75, 3.05) is 7.11 Å². The normalized spacial score (nSPS) is 26.1. The first-order valence-electron chi connectivity index (χ1n) is 7.35. The summed E-state index contributed by atoms with van der Waals surface area (Å²) >= 11 is 0. The smallest absolute Gasteiger partial charge is 0.119 e. The summed E-state index contributed by atoms with van der Waals surface area (Å²) in [7, 11) is 1.72. The number of benzene rings is 1. The van der Waals surface area contributed by atoms with E-state index >= 15 is 0 Å². The van der Waals surface area contributed by atoms with Crippen LogP contribution < -0.4 is 10.1 Å². The Labute approximate surface area is 117 Å². The first-order chi connectivity index (χ1) is 8.98. The summed E-state index contributed by atoms with van der Waals surface area (Å²) in [5.74, 6) is 1.77. The zero-order chi connectivity index (χ0) is 13.9. The average Bonchev–Trinajstić information content (AvgIpc) is 2.34.